The first-order valence-electron chi connectivity index (χ1n) is 11.4. The molecule has 3 aromatic heterocycles. The first-order valence-corrected chi connectivity index (χ1v) is 11.4. The second-order valence-electron chi connectivity index (χ2n) is 9.96. The highest BCUT2D eigenvalue weighted by atomic mass is 16.2. The van der Waals surface area contributed by atoms with Gasteiger partial charge in [-0.25, -0.2) is 9.50 Å². The van der Waals surface area contributed by atoms with E-state index >= 15 is 0 Å². The molecule has 2 aliphatic heterocycles. The number of hydrogen-bond donors (Lipinski definition) is 1. The smallest absolute Gasteiger partial charge is 0.276 e. The van der Waals surface area contributed by atoms with Crippen molar-refractivity contribution < 1.29 is 4.79 Å². The SMILES string of the molecule is CC(C)(C)C(=O)N1CCc2c(nc3cc(C4CCCN4Cc4ccncc4)[nH]n3c2=O)C1. The maximum Gasteiger partial charge on any atom is 0.276 e. The van der Waals surface area contributed by atoms with Crippen LogP contribution in [-0.4, -0.2) is 48.4 Å². The van der Waals surface area contributed by atoms with Crippen LogP contribution in [-0.2, 0) is 24.3 Å². The number of carbonyl (C=O) groups excluding carboxylic acids is 1. The Balaban J connectivity index is 1.44. The Labute approximate surface area is 187 Å². The summed E-state index contributed by atoms with van der Waals surface area (Å²) < 4.78 is 1.58. The highest BCUT2D eigenvalue weighted by Gasteiger charge is 2.32. The van der Waals surface area contributed by atoms with E-state index in [1.54, 1.807) is 4.52 Å². The Bertz CT molecular complexity index is 1210. The number of likely N-dealkylation sites (tertiary alicyclic amines) is 1. The van der Waals surface area contributed by atoms with E-state index in [2.05, 4.69) is 15.0 Å². The third-order valence-corrected chi connectivity index (χ3v) is 6.57. The molecule has 32 heavy (non-hydrogen) atoms. The van der Waals surface area contributed by atoms with Crippen LogP contribution >= 0.6 is 0 Å². The van der Waals surface area contributed by atoms with Crippen LogP contribution in [0.5, 0.6) is 0 Å². The maximum absolute atomic E-state index is 13.2. The van der Waals surface area contributed by atoms with Crippen molar-refractivity contribution in [2.75, 3.05) is 13.1 Å². The van der Waals surface area contributed by atoms with Gasteiger partial charge in [0.2, 0.25) is 5.91 Å². The summed E-state index contributed by atoms with van der Waals surface area (Å²) >= 11 is 0. The molecule has 0 aliphatic carbocycles. The Kier molecular flexibility index (Phi) is 5.12. The Morgan fingerprint density at radius 3 is 2.75 bits per heavy atom. The molecule has 1 atom stereocenters. The first-order chi connectivity index (χ1) is 15.3. The van der Waals surface area contributed by atoms with Gasteiger partial charge >= 0.3 is 0 Å². The zero-order valence-electron chi connectivity index (χ0n) is 19.0. The fourth-order valence-electron chi connectivity index (χ4n) is 4.92. The normalized spacial score (nSPS) is 19.5. The van der Waals surface area contributed by atoms with E-state index in [0.717, 1.165) is 37.3 Å². The molecule has 1 unspecified atom stereocenters. The number of aromatic amines is 1. The van der Waals surface area contributed by atoms with Gasteiger partial charge in [-0.2, -0.15) is 0 Å². The number of amides is 1. The highest BCUT2D eigenvalue weighted by Crippen LogP contribution is 2.33. The van der Waals surface area contributed by atoms with Crippen molar-refractivity contribution in [3.05, 3.63) is 63.5 Å². The molecule has 0 saturated carbocycles. The van der Waals surface area contributed by atoms with Crippen LogP contribution in [0.4, 0.5) is 0 Å². The van der Waals surface area contributed by atoms with Crippen LogP contribution in [0, 0.1) is 5.41 Å². The lowest BCUT2D eigenvalue weighted by molar-refractivity contribution is -0.140. The monoisotopic (exact) mass is 434 g/mol. The number of fused-ring (bicyclic) bond motifs is 2. The zero-order chi connectivity index (χ0) is 22.5. The van der Waals surface area contributed by atoms with Crippen LogP contribution in [0.25, 0.3) is 5.65 Å². The van der Waals surface area contributed by atoms with Crippen LogP contribution < -0.4 is 5.56 Å². The third kappa shape index (κ3) is 3.72. The van der Waals surface area contributed by atoms with Gasteiger partial charge in [0.05, 0.1) is 24.0 Å². The van der Waals surface area contributed by atoms with Gasteiger partial charge in [0.15, 0.2) is 5.65 Å². The fourth-order valence-corrected chi connectivity index (χ4v) is 4.92. The van der Waals surface area contributed by atoms with Gasteiger partial charge < -0.3 is 4.90 Å². The summed E-state index contributed by atoms with van der Waals surface area (Å²) in [5.74, 6) is 0.0950. The summed E-state index contributed by atoms with van der Waals surface area (Å²) in [5, 5.41) is 3.34. The Morgan fingerprint density at radius 1 is 1.22 bits per heavy atom. The molecule has 0 bridgehead atoms. The first kappa shape index (κ1) is 20.9. The average Bonchev–Trinajstić information content (AvgIpc) is 3.40. The Morgan fingerprint density at radius 2 is 2.00 bits per heavy atom. The molecule has 1 saturated heterocycles. The van der Waals surface area contributed by atoms with Crippen LogP contribution in [0.1, 0.15) is 62.2 Å². The molecule has 5 heterocycles. The molecule has 5 rings (SSSR count). The summed E-state index contributed by atoms with van der Waals surface area (Å²) in [6.45, 7) is 8.60. The van der Waals surface area contributed by atoms with Crippen molar-refractivity contribution in [3.63, 3.8) is 0 Å². The molecular weight excluding hydrogens is 404 g/mol. The van der Waals surface area contributed by atoms with E-state index in [-0.39, 0.29) is 17.5 Å². The standard InChI is InChI=1S/C24H30N6O2/c1-24(2,3)23(32)29-12-8-17-19(15-29)26-21-13-18(27-30(21)22(17)31)20-5-4-11-28(20)14-16-6-9-25-10-7-16/h6-7,9-10,13,20,27H,4-5,8,11-12,14-15H2,1-3H3. The number of nitrogens with zero attached hydrogens (tertiary/aromatic N) is 5. The minimum Gasteiger partial charge on any atom is -0.336 e. The molecular formula is C24H30N6O2. The number of H-pyrrole nitrogens is 1. The topological polar surface area (TPSA) is 86.6 Å². The van der Waals surface area contributed by atoms with Gasteiger partial charge in [0.1, 0.15) is 0 Å². The van der Waals surface area contributed by atoms with Gasteiger partial charge in [0, 0.05) is 42.5 Å². The molecule has 0 aromatic carbocycles. The summed E-state index contributed by atoms with van der Waals surface area (Å²) in [5.41, 5.74) is 3.84. The quantitative estimate of drug-likeness (QED) is 0.685. The minimum atomic E-state index is -0.446. The summed E-state index contributed by atoms with van der Waals surface area (Å²) in [6, 6.07) is 6.32. The summed E-state index contributed by atoms with van der Waals surface area (Å²) in [6.07, 6.45) is 6.35. The van der Waals surface area contributed by atoms with E-state index in [4.69, 9.17) is 4.98 Å². The summed E-state index contributed by atoms with van der Waals surface area (Å²) in [7, 11) is 0. The zero-order valence-corrected chi connectivity index (χ0v) is 19.0. The lowest BCUT2D eigenvalue weighted by Gasteiger charge is -2.32. The number of nitrogens with one attached hydrogen (secondary N) is 1. The molecule has 3 aromatic rings. The molecule has 0 radical (unpaired) electrons. The summed E-state index contributed by atoms with van der Waals surface area (Å²) in [4.78, 5) is 39.1. The fraction of sp³-hybridized carbons (Fsp3) is 0.500. The van der Waals surface area contributed by atoms with Crippen LogP contribution in [0.15, 0.2) is 35.4 Å². The molecule has 1 fully saturated rings. The lowest BCUT2D eigenvalue weighted by atomic mass is 9.93. The molecule has 1 amide bonds. The van der Waals surface area contributed by atoms with Gasteiger partial charge in [-0.3, -0.25) is 24.6 Å². The molecule has 8 nitrogen and oxygen atoms in total. The predicted molar refractivity (Wildman–Crippen MR) is 121 cm³/mol. The number of hydrogen-bond acceptors (Lipinski definition) is 5. The number of pyridine rings is 1. The van der Waals surface area contributed by atoms with Crippen molar-refractivity contribution in [2.45, 2.75) is 59.2 Å². The van der Waals surface area contributed by atoms with Gasteiger partial charge in [-0.1, -0.05) is 20.8 Å². The van der Waals surface area contributed by atoms with Gasteiger partial charge in [-0.05, 0) is 43.5 Å². The van der Waals surface area contributed by atoms with E-state index < -0.39 is 5.41 Å². The average molecular weight is 435 g/mol. The second-order valence-corrected chi connectivity index (χ2v) is 9.96. The number of rotatable bonds is 3. The number of aromatic nitrogens is 4. The molecule has 2 aliphatic rings. The van der Waals surface area contributed by atoms with E-state index in [1.807, 2.05) is 56.3 Å². The van der Waals surface area contributed by atoms with Crippen LogP contribution in [0.3, 0.4) is 0 Å². The Hall–Kier alpha value is -3.00. The molecule has 8 heteroatoms. The largest absolute Gasteiger partial charge is 0.336 e. The predicted octanol–water partition coefficient (Wildman–Crippen LogP) is 2.69. The van der Waals surface area contributed by atoms with E-state index in [9.17, 15) is 9.59 Å². The van der Waals surface area contributed by atoms with Crippen LogP contribution in [0.2, 0.25) is 0 Å². The van der Waals surface area contributed by atoms with Crippen molar-refractivity contribution in [1.29, 1.82) is 0 Å². The molecule has 0 spiro atoms. The number of carbonyl (C=O) groups is 1. The van der Waals surface area contributed by atoms with Gasteiger partial charge in [-0.15, -0.1) is 0 Å². The van der Waals surface area contributed by atoms with Crippen molar-refractivity contribution in [2.24, 2.45) is 5.41 Å². The highest BCUT2D eigenvalue weighted by molar-refractivity contribution is 5.81. The second kappa shape index (κ2) is 7.85. The maximum atomic E-state index is 13.2. The molecule has 168 valence electrons. The van der Waals surface area contributed by atoms with E-state index in [0.29, 0.717) is 30.7 Å². The van der Waals surface area contributed by atoms with Crippen molar-refractivity contribution >= 4 is 11.6 Å². The molecule has 1 N–H and O–H groups in total. The van der Waals surface area contributed by atoms with Gasteiger partial charge in [0.25, 0.3) is 5.56 Å². The lowest BCUT2D eigenvalue weighted by Crippen LogP contribution is -2.44. The third-order valence-electron chi connectivity index (χ3n) is 6.57. The van der Waals surface area contributed by atoms with E-state index in [1.165, 1.54) is 5.56 Å². The van der Waals surface area contributed by atoms with Crippen molar-refractivity contribution in [1.82, 2.24) is 29.4 Å². The van der Waals surface area contributed by atoms with Crippen molar-refractivity contribution in [3.8, 4) is 0 Å². The minimum absolute atomic E-state index is 0.0437.